The fourth-order valence-corrected chi connectivity index (χ4v) is 0. The number of aliphatic hydroxyl groups is 1. The maximum atomic E-state index is 7.76. The van der Waals surface area contributed by atoms with Crippen LogP contribution in [0.1, 0.15) is 0 Å². The molecule has 0 aliphatic rings. The van der Waals surface area contributed by atoms with Crippen LogP contribution in [-0.4, -0.2) is 16.6 Å². The van der Waals surface area contributed by atoms with Crippen molar-refractivity contribution in [1.82, 2.24) is 0 Å². The van der Waals surface area contributed by atoms with Gasteiger partial charge in [-0.15, -0.1) is 0 Å². The minimum absolute atomic E-state index is 0.0833. The first-order chi connectivity index (χ1) is 1.91. The molecule has 26 valence electrons. The summed E-state index contributed by atoms with van der Waals surface area (Å²) in [5.41, 5.74) is 0. The third-order valence-corrected chi connectivity index (χ3v) is 0.266. The quantitative estimate of drug-likeness (QED) is 0.433. The van der Waals surface area contributed by atoms with Gasteiger partial charge in [-0.05, 0) is 0 Å². The first-order valence-corrected chi connectivity index (χ1v) is 1.57. The predicted molar refractivity (Wildman–Crippen MR) is 13.1 cm³/mol. The maximum absolute atomic E-state index is 7.76. The van der Waals surface area contributed by atoms with E-state index in [0.717, 1.165) is 0 Å². The number of hydrogen-bond donors (Lipinski definition) is 1. The van der Waals surface area contributed by atoms with Crippen LogP contribution < -0.4 is 0 Å². The normalized spacial score (nSPS) is 6.50. The molecule has 2 heteroatoms. The van der Waals surface area contributed by atoms with E-state index in [-0.39, 0.29) is 6.61 Å². The molecule has 0 rings (SSSR count). The number of aliphatic hydroxyl groups excluding tert-OH is 1. The van der Waals surface area contributed by atoms with Gasteiger partial charge in [0.25, 0.3) is 0 Å². The summed E-state index contributed by atoms with van der Waals surface area (Å²) in [7, 11) is 0. The summed E-state index contributed by atoms with van der Waals surface area (Å²) in [6, 6.07) is 0. The SMILES string of the molecule is OC[CH]=[Fe]. The second-order valence-corrected chi connectivity index (χ2v) is 0.778. The van der Waals surface area contributed by atoms with Gasteiger partial charge in [0.05, 0.1) is 0 Å². The summed E-state index contributed by atoms with van der Waals surface area (Å²) < 4.78 is 0. The van der Waals surface area contributed by atoms with E-state index in [1.165, 1.54) is 4.92 Å². The van der Waals surface area contributed by atoms with E-state index >= 15 is 0 Å². The van der Waals surface area contributed by atoms with Crippen molar-refractivity contribution in [3.05, 3.63) is 0 Å². The zero-order valence-corrected chi connectivity index (χ0v) is 3.19. The van der Waals surface area contributed by atoms with Crippen molar-refractivity contribution in [2.75, 3.05) is 6.61 Å². The molecule has 1 nitrogen and oxygen atoms in total. The van der Waals surface area contributed by atoms with E-state index in [0.29, 0.717) is 0 Å². The molecule has 0 atom stereocenters. The van der Waals surface area contributed by atoms with Crippen molar-refractivity contribution in [2.24, 2.45) is 0 Å². The summed E-state index contributed by atoms with van der Waals surface area (Å²) in [5.74, 6) is 0. The minimum atomic E-state index is 0.0833. The molecule has 1 N–H and O–H groups in total. The predicted octanol–water partition coefficient (Wildman–Crippen LogP) is -0.672. The molecule has 0 radical (unpaired) electrons. The van der Waals surface area contributed by atoms with E-state index in [2.05, 4.69) is 15.6 Å². The number of rotatable bonds is 1. The van der Waals surface area contributed by atoms with Crippen molar-refractivity contribution in [1.29, 1.82) is 0 Å². The van der Waals surface area contributed by atoms with Gasteiger partial charge in [0, 0.05) is 0 Å². The Bertz CT molecular complexity index is 20.0. The van der Waals surface area contributed by atoms with Crippen LogP contribution in [0.25, 0.3) is 0 Å². The molecule has 0 heterocycles. The van der Waals surface area contributed by atoms with Crippen molar-refractivity contribution >= 4 is 4.92 Å². The topological polar surface area (TPSA) is 20.2 Å². The Morgan fingerprint density at radius 2 is 2.25 bits per heavy atom. The van der Waals surface area contributed by atoms with Crippen LogP contribution in [-0.2, 0) is 15.6 Å². The Morgan fingerprint density at radius 3 is 2.25 bits per heavy atom. The molecule has 0 amide bonds. The van der Waals surface area contributed by atoms with Gasteiger partial charge in [-0.2, -0.15) is 0 Å². The van der Waals surface area contributed by atoms with Gasteiger partial charge >= 0.3 is 32.2 Å². The van der Waals surface area contributed by atoms with Gasteiger partial charge in [0.2, 0.25) is 0 Å². The monoisotopic (exact) mass is 100.0 g/mol. The second kappa shape index (κ2) is 3.35. The standard InChI is InChI=1S/C2H4O.Fe/c1-2-3;/h1,3H,2H2;. The van der Waals surface area contributed by atoms with E-state index in [4.69, 9.17) is 5.11 Å². The van der Waals surface area contributed by atoms with Crippen molar-refractivity contribution < 1.29 is 20.7 Å². The molecular formula is C2H4FeO. The summed E-state index contributed by atoms with van der Waals surface area (Å²) in [6.07, 6.45) is 0. The Hall–Kier alpha value is 0.349. The van der Waals surface area contributed by atoms with Crippen molar-refractivity contribution in [3.63, 3.8) is 0 Å². The average Bonchev–Trinajstić information content (AvgIpc) is 1.37. The molecule has 0 bridgehead atoms. The molecule has 0 unspecified atom stereocenters. The molecule has 0 aliphatic heterocycles. The number of hydrogen-bond acceptors (Lipinski definition) is 1. The van der Waals surface area contributed by atoms with E-state index in [1.807, 2.05) is 0 Å². The zero-order chi connectivity index (χ0) is 3.41. The fourth-order valence-electron chi connectivity index (χ4n) is 0. The van der Waals surface area contributed by atoms with Crippen LogP contribution in [0.4, 0.5) is 0 Å². The van der Waals surface area contributed by atoms with E-state index in [9.17, 15) is 0 Å². The molecule has 0 aliphatic carbocycles. The Balaban J connectivity index is 2.30. The summed E-state index contributed by atoms with van der Waals surface area (Å²) in [5, 5.41) is 7.76. The molecule has 0 aromatic carbocycles. The molecule has 0 fully saturated rings. The molecule has 0 aromatic rings. The van der Waals surface area contributed by atoms with Gasteiger partial charge in [-0.1, -0.05) is 0 Å². The fraction of sp³-hybridized carbons (Fsp3) is 0.500. The molecule has 0 saturated carbocycles. The molecule has 0 aromatic heterocycles. The van der Waals surface area contributed by atoms with Crippen LogP contribution in [0.5, 0.6) is 0 Å². The first-order valence-electron chi connectivity index (χ1n) is 0.929. The first kappa shape index (κ1) is 4.35. The molecule has 0 saturated heterocycles. The molecular weight excluding hydrogens is 95.9 g/mol. The zero-order valence-electron chi connectivity index (χ0n) is 2.09. The second-order valence-electron chi connectivity index (χ2n) is 0.327. The van der Waals surface area contributed by atoms with Gasteiger partial charge < -0.3 is 0 Å². The summed E-state index contributed by atoms with van der Waals surface area (Å²) >= 11 is 3.23. The Morgan fingerprint density at radius 1 is 2.00 bits per heavy atom. The Labute approximate surface area is 33.0 Å². The third kappa shape index (κ3) is 2.35. The van der Waals surface area contributed by atoms with E-state index < -0.39 is 0 Å². The molecule has 0 spiro atoms. The van der Waals surface area contributed by atoms with Crippen LogP contribution >= 0.6 is 0 Å². The van der Waals surface area contributed by atoms with Crippen LogP contribution in [0, 0.1) is 0 Å². The van der Waals surface area contributed by atoms with Gasteiger partial charge in [0.1, 0.15) is 0 Å². The van der Waals surface area contributed by atoms with Gasteiger partial charge in [-0.25, -0.2) is 0 Å². The third-order valence-electron chi connectivity index (χ3n) is 0.0645. The van der Waals surface area contributed by atoms with Crippen LogP contribution in [0.15, 0.2) is 0 Å². The average molecular weight is 99.9 g/mol. The van der Waals surface area contributed by atoms with Crippen molar-refractivity contribution in [2.45, 2.75) is 0 Å². The van der Waals surface area contributed by atoms with Gasteiger partial charge in [0.15, 0.2) is 0 Å². The van der Waals surface area contributed by atoms with E-state index in [1.54, 1.807) is 0 Å². The summed E-state index contributed by atoms with van der Waals surface area (Å²) in [4.78, 5) is 1.43. The van der Waals surface area contributed by atoms with Gasteiger partial charge in [-0.3, -0.25) is 0 Å². The molecule has 4 heavy (non-hydrogen) atoms. The van der Waals surface area contributed by atoms with Crippen LogP contribution in [0.2, 0.25) is 0 Å². The Kier molecular flexibility index (Phi) is 3.64. The van der Waals surface area contributed by atoms with Crippen LogP contribution in [0.3, 0.4) is 0 Å². The van der Waals surface area contributed by atoms with Crippen molar-refractivity contribution in [3.8, 4) is 0 Å². The summed E-state index contributed by atoms with van der Waals surface area (Å²) in [6.45, 7) is 0.0833.